The molecule has 2 unspecified atom stereocenters. The largest absolute Gasteiger partial charge is 0.345 e. The topological polar surface area (TPSA) is 95.6 Å². The fraction of sp³-hybridized carbons (Fsp3) is 0.273. The highest BCUT2D eigenvalue weighted by atomic mass is 19.1. The van der Waals surface area contributed by atoms with Crippen LogP contribution in [0.5, 0.6) is 0 Å². The van der Waals surface area contributed by atoms with Crippen molar-refractivity contribution in [1.29, 1.82) is 0 Å². The van der Waals surface area contributed by atoms with Crippen LogP contribution in [0.3, 0.4) is 0 Å². The Morgan fingerprint density at radius 1 is 1.20 bits per heavy atom. The lowest BCUT2D eigenvalue weighted by atomic mass is 10.0. The van der Waals surface area contributed by atoms with Gasteiger partial charge in [-0.2, -0.15) is 0 Å². The van der Waals surface area contributed by atoms with Gasteiger partial charge < -0.3 is 10.2 Å². The molecule has 4 rings (SSSR count). The van der Waals surface area contributed by atoms with Crippen molar-refractivity contribution in [3.8, 4) is 0 Å². The molecule has 0 aliphatic carbocycles. The molecule has 0 radical (unpaired) electrons. The van der Waals surface area contributed by atoms with E-state index in [-0.39, 0.29) is 37.1 Å². The van der Waals surface area contributed by atoms with E-state index in [0.717, 1.165) is 0 Å². The maximum absolute atomic E-state index is 13.9. The van der Waals surface area contributed by atoms with Gasteiger partial charge in [-0.05, 0) is 43.2 Å². The van der Waals surface area contributed by atoms with Crippen LogP contribution < -0.4 is 10.6 Å². The summed E-state index contributed by atoms with van der Waals surface area (Å²) in [5.41, 5.74) is 1.79. The van der Waals surface area contributed by atoms with Crippen LogP contribution in [0, 0.1) is 5.82 Å². The Hall–Kier alpha value is -3.55. The van der Waals surface area contributed by atoms with Crippen LogP contribution in [0.1, 0.15) is 57.7 Å². The highest BCUT2D eigenvalue weighted by Gasteiger charge is 2.39. The van der Waals surface area contributed by atoms with Crippen LogP contribution in [-0.4, -0.2) is 34.6 Å². The average molecular weight is 409 g/mol. The molecule has 7 nitrogen and oxygen atoms in total. The van der Waals surface area contributed by atoms with Gasteiger partial charge in [-0.1, -0.05) is 18.2 Å². The Balaban J connectivity index is 1.50. The Morgan fingerprint density at radius 3 is 2.70 bits per heavy atom. The van der Waals surface area contributed by atoms with E-state index in [9.17, 15) is 23.6 Å². The van der Waals surface area contributed by atoms with Crippen molar-refractivity contribution in [2.75, 3.05) is 0 Å². The van der Waals surface area contributed by atoms with Gasteiger partial charge in [0.25, 0.3) is 11.8 Å². The molecule has 1 saturated heterocycles. The SMILES string of the molecule is CC(NC(=O)c1ccc2c(c1)CN(C1CCC(=O)NC1=O)C2=O)c1ccccc1F. The number of benzene rings is 2. The highest BCUT2D eigenvalue weighted by molar-refractivity contribution is 6.06. The van der Waals surface area contributed by atoms with Crippen LogP contribution >= 0.6 is 0 Å². The van der Waals surface area contributed by atoms with Crippen molar-refractivity contribution >= 4 is 23.6 Å². The van der Waals surface area contributed by atoms with Gasteiger partial charge in [-0.25, -0.2) is 4.39 Å². The Morgan fingerprint density at radius 2 is 1.97 bits per heavy atom. The molecule has 154 valence electrons. The lowest BCUT2D eigenvalue weighted by molar-refractivity contribution is -0.136. The summed E-state index contributed by atoms with van der Waals surface area (Å²) in [4.78, 5) is 50.3. The predicted molar refractivity (Wildman–Crippen MR) is 105 cm³/mol. The van der Waals surface area contributed by atoms with Crippen LogP contribution in [-0.2, 0) is 16.1 Å². The lowest BCUT2D eigenvalue weighted by Crippen LogP contribution is -2.52. The van der Waals surface area contributed by atoms with E-state index in [4.69, 9.17) is 0 Å². The standard InChI is InChI=1S/C22H20FN3O4/c1-12(15-4-2-3-5-17(15)23)24-20(28)13-6-7-16-14(10-13)11-26(22(16)30)18-8-9-19(27)25-21(18)29/h2-7,10,12,18H,8-9,11H2,1H3,(H,24,28)(H,25,27,29). The zero-order valence-electron chi connectivity index (χ0n) is 16.3. The third-order valence-electron chi connectivity index (χ3n) is 5.51. The molecule has 2 aliphatic rings. The first-order chi connectivity index (χ1) is 14.3. The molecule has 2 heterocycles. The quantitative estimate of drug-likeness (QED) is 0.756. The maximum Gasteiger partial charge on any atom is 0.255 e. The first-order valence-corrected chi connectivity index (χ1v) is 9.68. The number of fused-ring (bicyclic) bond motifs is 1. The van der Waals surface area contributed by atoms with Crippen LogP contribution in [0.4, 0.5) is 4.39 Å². The number of hydrogen-bond acceptors (Lipinski definition) is 4. The van der Waals surface area contributed by atoms with Crippen LogP contribution in [0.25, 0.3) is 0 Å². The summed E-state index contributed by atoms with van der Waals surface area (Å²) in [6.45, 7) is 1.88. The van der Waals surface area contributed by atoms with E-state index in [1.807, 2.05) is 0 Å². The number of nitrogens with zero attached hydrogens (tertiary/aromatic N) is 1. The summed E-state index contributed by atoms with van der Waals surface area (Å²) in [6.07, 6.45) is 0.454. The maximum atomic E-state index is 13.9. The second kappa shape index (κ2) is 7.70. The van der Waals surface area contributed by atoms with Gasteiger partial charge in [0.05, 0.1) is 6.04 Å². The van der Waals surface area contributed by atoms with E-state index < -0.39 is 23.8 Å². The monoisotopic (exact) mass is 409 g/mol. The first-order valence-electron chi connectivity index (χ1n) is 9.68. The third kappa shape index (κ3) is 3.56. The molecule has 0 spiro atoms. The van der Waals surface area contributed by atoms with Crippen molar-refractivity contribution in [3.05, 3.63) is 70.5 Å². The second-order valence-corrected chi connectivity index (χ2v) is 7.49. The molecular weight excluding hydrogens is 389 g/mol. The van der Waals surface area contributed by atoms with Gasteiger partial charge in [0, 0.05) is 29.7 Å². The third-order valence-corrected chi connectivity index (χ3v) is 5.51. The zero-order valence-corrected chi connectivity index (χ0v) is 16.3. The number of nitrogens with one attached hydrogen (secondary N) is 2. The molecule has 2 N–H and O–H groups in total. The van der Waals surface area contributed by atoms with E-state index in [0.29, 0.717) is 22.3 Å². The van der Waals surface area contributed by atoms with Gasteiger partial charge in [0.1, 0.15) is 11.9 Å². The zero-order chi connectivity index (χ0) is 21.4. The number of imide groups is 1. The van der Waals surface area contributed by atoms with Crippen molar-refractivity contribution in [3.63, 3.8) is 0 Å². The molecular formula is C22H20FN3O4. The van der Waals surface area contributed by atoms with Gasteiger partial charge in [-0.15, -0.1) is 0 Å². The van der Waals surface area contributed by atoms with Gasteiger partial charge in [0.2, 0.25) is 11.8 Å². The molecule has 30 heavy (non-hydrogen) atoms. The van der Waals surface area contributed by atoms with Crippen LogP contribution in [0.2, 0.25) is 0 Å². The Labute approximate surface area is 172 Å². The van der Waals surface area contributed by atoms with Gasteiger partial charge in [0.15, 0.2) is 0 Å². The molecule has 4 amide bonds. The lowest BCUT2D eigenvalue weighted by Gasteiger charge is -2.29. The van der Waals surface area contributed by atoms with Gasteiger partial charge >= 0.3 is 0 Å². The minimum Gasteiger partial charge on any atom is -0.345 e. The van der Waals surface area contributed by atoms with Gasteiger partial charge in [-0.3, -0.25) is 24.5 Å². The molecule has 0 bridgehead atoms. The molecule has 2 aliphatic heterocycles. The Kier molecular flexibility index (Phi) is 5.07. The van der Waals surface area contributed by atoms with Crippen LogP contribution in [0.15, 0.2) is 42.5 Å². The molecule has 1 fully saturated rings. The predicted octanol–water partition coefficient (Wildman–Crippen LogP) is 2.08. The number of halogens is 1. The summed E-state index contributed by atoms with van der Waals surface area (Å²) >= 11 is 0. The fourth-order valence-electron chi connectivity index (χ4n) is 3.90. The van der Waals surface area contributed by atoms with E-state index in [1.54, 1.807) is 37.3 Å². The fourth-order valence-corrected chi connectivity index (χ4v) is 3.90. The van der Waals surface area contributed by atoms with Crippen molar-refractivity contribution in [1.82, 2.24) is 15.5 Å². The summed E-state index contributed by atoms with van der Waals surface area (Å²) in [6, 6.07) is 9.70. The smallest absolute Gasteiger partial charge is 0.255 e. The molecule has 8 heteroatoms. The number of carbonyl (C=O) groups is 4. The van der Waals surface area contributed by atoms with E-state index in [1.165, 1.54) is 17.0 Å². The van der Waals surface area contributed by atoms with E-state index in [2.05, 4.69) is 10.6 Å². The molecule has 2 aromatic rings. The summed E-state index contributed by atoms with van der Waals surface area (Å²) in [7, 11) is 0. The number of rotatable bonds is 4. The molecule has 2 aromatic carbocycles. The number of piperidine rings is 1. The molecule has 0 saturated carbocycles. The van der Waals surface area contributed by atoms with Crippen molar-refractivity contribution < 1.29 is 23.6 Å². The minimum atomic E-state index is -0.707. The summed E-state index contributed by atoms with van der Waals surface area (Å²) < 4.78 is 13.9. The first kappa shape index (κ1) is 19.8. The minimum absolute atomic E-state index is 0.179. The Bertz CT molecular complexity index is 1070. The summed E-state index contributed by atoms with van der Waals surface area (Å²) in [5, 5.41) is 5.02. The second-order valence-electron chi connectivity index (χ2n) is 7.49. The number of hydrogen-bond donors (Lipinski definition) is 2. The average Bonchev–Trinajstić information content (AvgIpc) is 3.04. The highest BCUT2D eigenvalue weighted by Crippen LogP contribution is 2.28. The van der Waals surface area contributed by atoms with Crippen molar-refractivity contribution in [2.24, 2.45) is 0 Å². The normalized spacial score (nSPS) is 19.3. The molecule has 0 aromatic heterocycles. The van der Waals surface area contributed by atoms with Crippen molar-refractivity contribution in [2.45, 2.75) is 38.4 Å². The molecule has 2 atom stereocenters. The number of amides is 4. The number of carbonyl (C=O) groups excluding carboxylic acids is 4. The summed E-state index contributed by atoms with van der Waals surface area (Å²) in [5.74, 6) is -1.91. The van der Waals surface area contributed by atoms with E-state index >= 15 is 0 Å².